The zero-order chi connectivity index (χ0) is 19.0. The molecular weight excluding hydrogens is 352 g/mol. The van der Waals surface area contributed by atoms with Gasteiger partial charge in [-0.25, -0.2) is 15.0 Å². The first kappa shape index (κ1) is 16.3. The Kier molecular flexibility index (Phi) is 3.17. The van der Waals surface area contributed by atoms with Gasteiger partial charge in [0.2, 0.25) is 0 Å². The van der Waals surface area contributed by atoms with Gasteiger partial charge in [0.15, 0.2) is 11.6 Å². The van der Waals surface area contributed by atoms with Crippen molar-refractivity contribution in [2.75, 3.05) is 23.4 Å². The van der Waals surface area contributed by atoms with E-state index in [1.165, 1.54) is 18.4 Å². The maximum Gasteiger partial charge on any atom is 0.163 e. The summed E-state index contributed by atoms with van der Waals surface area (Å²) in [6, 6.07) is 2.15. The molecule has 6 rings (SSSR count). The number of ether oxygens (including phenoxy) is 1. The minimum atomic E-state index is -0.275. The van der Waals surface area contributed by atoms with E-state index in [9.17, 15) is 0 Å². The van der Waals surface area contributed by atoms with Crippen LogP contribution in [0.25, 0.3) is 22.4 Å². The maximum atomic E-state index is 6.03. The molecule has 1 saturated heterocycles. The van der Waals surface area contributed by atoms with Crippen LogP contribution >= 0.6 is 0 Å². The second kappa shape index (κ2) is 5.44. The molecule has 0 radical (unpaired) electrons. The highest BCUT2D eigenvalue weighted by Gasteiger charge is 2.47. The van der Waals surface area contributed by atoms with E-state index in [-0.39, 0.29) is 11.8 Å². The Balaban J connectivity index is 1.51. The van der Waals surface area contributed by atoms with E-state index in [0.717, 1.165) is 46.2 Å². The average molecular weight is 376 g/mol. The zero-order valence-corrected chi connectivity index (χ0v) is 16.4. The van der Waals surface area contributed by atoms with Crippen LogP contribution in [0.5, 0.6) is 0 Å². The number of aromatic nitrogens is 4. The lowest BCUT2D eigenvalue weighted by molar-refractivity contribution is -0.0489. The van der Waals surface area contributed by atoms with E-state index in [1.807, 2.05) is 12.4 Å². The van der Waals surface area contributed by atoms with Gasteiger partial charge in [0, 0.05) is 35.8 Å². The predicted octanol–water partition coefficient (Wildman–Crippen LogP) is 3.57. The number of aromatic amines is 1. The molecule has 3 aromatic heterocycles. The minimum absolute atomic E-state index is 0.0887. The van der Waals surface area contributed by atoms with Gasteiger partial charge in [0.1, 0.15) is 23.1 Å². The molecule has 7 nitrogen and oxygen atoms in total. The quantitative estimate of drug-likeness (QED) is 0.712. The monoisotopic (exact) mass is 376 g/mol. The third-order valence-corrected chi connectivity index (χ3v) is 6.21. The predicted molar refractivity (Wildman–Crippen MR) is 109 cm³/mol. The molecule has 7 heteroatoms. The third-order valence-electron chi connectivity index (χ3n) is 6.21. The molecule has 1 aliphatic carbocycles. The molecule has 0 amide bonds. The summed E-state index contributed by atoms with van der Waals surface area (Å²) in [6.07, 6.45) is 6.35. The number of H-pyrrole nitrogens is 1. The van der Waals surface area contributed by atoms with Crippen molar-refractivity contribution in [3.63, 3.8) is 0 Å². The fraction of sp³-hybridized carbons (Fsp3) is 0.476. The van der Waals surface area contributed by atoms with Crippen LogP contribution in [0.4, 0.5) is 11.5 Å². The third kappa shape index (κ3) is 2.29. The first-order chi connectivity index (χ1) is 13.5. The Morgan fingerprint density at radius 3 is 2.93 bits per heavy atom. The molecule has 2 fully saturated rings. The minimum Gasteiger partial charge on any atom is -0.370 e. The summed E-state index contributed by atoms with van der Waals surface area (Å²) < 4.78 is 6.03. The Bertz CT molecular complexity index is 1100. The second-order valence-electron chi connectivity index (χ2n) is 8.69. The largest absolute Gasteiger partial charge is 0.370 e. The smallest absolute Gasteiger partial charge is 0.163 e. The van der Waals surface area contributed by atoms with E-state index in [2.05, 4.69) is 47.0 Å². The van der Waals surface area contributed by atoms with Crippen molar-refractivity contribution in [1.82, 2.24) is 19.9 Å². The lowest BCUT2D eigenvalue weighted by Crippen LogP contribution is -2.58. The molecular formula is C21H24N6O. The summed E-state index contributed by atoms with van der Waals surface area (Å²) in [7, 11) is 0. The molecule has 3 aromatic rings. The highest BCUT2D eigenvalue weighted by atomic mass is 16.5. The van der Waals surface area contributed by atoms with Crippen LogP contribution in [0.3, 0.4) is 0 Å². The van der Waals surface area contributed by atoms with Crippen molar-refractivity contribution < 1.29 is 4.74 Å². The van der Waals surface area contributed by atoms with E-state index in [0.29, 0.717) is 12.5 Å². The molecule has 1 unspecified atom stereocenters. The second-order valence-corrected chi connectivity index (χ2v) is 8.69. The van der Waals surface area contributed by atoms with Crippen molar-refractivity contribution in [1.29, 1.82) is 0 Å². The van der Waals surface area contributed by atoms with Crippen molar-refractivity contribution in [3.05, 3.63) is 29.7 Å². The van der Waals surface area contributed by atoms with Crippen molar-refractivity contribution in [2.24, 2.45) is 0 Å². The van der Waals surface area contributed by atoms with Gasteiger partial charge >= 0.3 is 0 Å². The number of nitrogens with one attached hydrogen (secondary N) is 2. The lowest BCUT2D eigenvalue weighted by atomic mass is 10.0. The summed E-state index contributed by atoms with van der Waals surface area (Å²) in [4.78, 5) is 20.2. The van der Waals surface area contributed by atoms with Crippen LogP contribution in [0, 0.1) is 6.92 Å². The molecule has 0 bridgehead atoms. The van der Waals surface area contributed by atoms with Crippen LogP contribution in [-0.4, -0.2) is 44.9 Å². The molecule has 1 atom stereocenters. The Hall–Kier alpha value is -2.67. The number of aryl methyl sites for hydroxylation is 1. The van der Waals surface area contributed by atoms with Crippen molar-refractivity contribution in [2.45, 2.75) is 51.3 Å². The fourth-order valence-electron chi connectivity index (χ4n) is 4.46. The number of rotatable bonds is 2. The fourth-order valence-corrected chi connectivity index (χ4v) is 4.46. The van der Waals surface area contributed by atoms with Crippen LogP contribution < -0.4 is 10.2 Å². The summed E-state index contributed by atoms with van der Waals surface area (Å²) in [5.74, 6) is 2.31. The van der Waals surface area contributed by atoms with E-state index in [4.69, 9.17) is 14.7 Å². The number of hydrogen-bond acceptors (Lipinski definition) is 6. The number of pyridine rings is 1. The van der Waals surface area contributed by atoms with Crippen LogP contribution in [-0.2, 0) is 4.74 Å². The molecule has 5 heterocycles. The molecule has 2 aliphatic heterocycles. The molecule has 3 aliphatic rings. The highest BCUT2D eigenvalue weighted by Crippen LogP contribution is 2.49. The number of anilines is 2. The van der Waals surface area contributed by atoms with Gasteiger partial charge in [-0.05, 0) is 45.2 Å². The Morgan fingerprint density at radius 1 is 1.25 bits per heavy atom. The van der Waals surface area contributed by atoms with E-state index >= 15 is 0 Å². The lowest BCUT2D eigenvalue weighted by Gasteiger charge is -2.42. The maximum absolute atomic E-state index is 6.03. The first-order valence-electron chi connectivity index (χ1n) is 10.0. The van der Waals surface area contributed by atoms with Gasteiger partial charge < -0.3 is 19.9 Å². The van der Waals surface area contributed by atoms with E-state index < -0.39 is 0 Å². The van der Waals surface area contributed by atoms with Gasteiger partial charge in [0.25, 0.3) is 0 Å². The molecule has 0 aromatic carbocycles. The standard InChI is InChI=1S/C21H24N6O/c1-11-9-22-18-14(11)8-13(10-23-18)17-24-15(12-4-5-12)16-19(26-17)27-6-7-28-21(2,3)20(27)25-16/h8-10,12,20,25H,4-7H2,1-3H3,(H,22,23). The molecule has 1 saturated carbocycles. The van der Waals surface area contributed by atoms with Gasteiger partial charge in [-0.1, -0.05) is 0 Å². The topological polar surface area (TPSA) is 79.0 Å². The van der Waals surface area contributed by atoms with Gasteiger partial charge in [0.05, 0.1) is 12.3 Å². The van der Waals surface area contributed by atoms with Crippen molar-refractivity contribution in [3.8, 4) is 11.4 Å². The van der Waals surface area contributed by atoms with Crippen LogP contribution in [0.2, 0.25) is 0 Å². The van der Waals surface area contributed by atoms with Gasteiger partial charge in [-0.2, -0.15) is 0 Å². The van der Waals surface area contributed by atoms with Crippen LogP contribution in [0.1, 0.15) is 43.9 Å². The normalized spacial score (nSPS) is 22.8. The molecule has 0 spiro atoms. The number of nitrogens with zero attached hydrogens (tertiary/aromatic N) is 4. The molecule has 144 valence electrons. The van der Waals surface area contributed by atoms with Gasteiger partial charge in [-0.15, -0.1) is 0 Å². The summed E-state index contributed by atoms with van der Waals surface area (Å²) in [5, 5.41) is 4.81. The highest BCUT2D eigenvalue weighted by molar-refractivity contribution is 5.84. The van der Waals surface area contributed by atoms with Gasteiger partial charge in [-0.3, -0.25) is 0 Å². The zero-order valence-electron chi connectivity index (χ0n) is 16.4. The number of fused-ring (bicyclic) bond motifs is 4. The summed E-state index contributed by atoms with van der Waals surface area (Å²) in [5.41, 5.74) is 5.03. The SMILES string of the molecule is Cc1c[nH]c2ncc(-c3nc(C4CC4)c4c(n3)N3CCOC(C)(C)C3N4)cc12. The Labute approximate surface area is 163 Å². The average Bonchev–Trinajstić information content (AvgIpc) is 3.36. The first-order valence-corrected chi connectivity index (χ1v) is 10.0. The summed E-state index contributed by atoms with van der Waals surface area (Å²) >= 11 is 0. The van der Waals surface area contributed by atoms with Crippen molar-refractivity contribution >= 4 is 22.5 Å². The molecule has 28 heavy (non-hydrogen) atoms. The number of hydrogen-bond donors (Lipinski definition) is 2. The molecule has 2 N–H and O–H groups in total. The van der Waals surface area contributed by atoms with Crippen LogP contribution in [0.15, 0.2) is 18.5 Å². The van der Waals surface area contributed by atoms with E-state index in [1.54, 1.807) is 0 Å². The number of morpholine rings is 1. The summed E-state index contributed by atoms with van der Waals surface area (Å²) in [6.45, 7) is 7.91. The Morgan fingerprint density at radius 2 is 2.11 bits per heavy atom.